The predicted molar refractivity (Wildman–Crippen MR) is 93.7 cm³/mol. The van der Waals surface area contributed by atoms with Gasteiger partial charge >= 0.3 is 5.97 Å². The van der Waals surface area contributed by atoms with Crippen LogP contribution >= 0.6 is 11.6 Å². The van der Waals surface area contributed by atoms with Gasteiger partial charge in [-0.3, -0.25) is 4.79 Å². The number of hydrogen-bond donors (Lipinski definition) is 0. The predicted octanol–water partition coefficient (Wildman–Crippen LogP) is 2.03. The monoisotopic (exact) mass is 401 g/mol. The molecular weight excluding hydrogens is 382 g/mol. The van der Waals surface area contributed by atoms with E-state index in [1.807, 2.05) is 0 Å². The van der Waals surface area contributed by atoms with Crippen molar-refractivity contribution in [1.29, 1.82) is 0 Å². The summed E-state index contributed by atoms with van der Waals surface area (Å²) in [6.07, 6.45) is 1.68. The standard InChI is InChI=1S/C17H20ClNO6S/c18-14-6-5-12(26(22,23)19-7-9-24-10-8-19)11-13(14)17(21)25-16-4-2-1-3-15(16)20/h5-6,11,16H,1-4,7-10H2/t16-/m1/s1. The number of carbonyl (C=O) groups is 2. The van der Waals surface area contributed by atoms with Crippen LogP contribution in [0.1, 0.15) is 36.0 Å². The average molecular weight is 402 g/mol. The van der Waals surface area contributed by atoms with Crippen LogP contribution in [0.2, 0.25) is 5.02 Å². The number of morpholine rings is 1. The van der Waals surface area contributed by atoms with Gasteiger partial charge in [-0.05, 0) is 37.5 Å². The molecule has 1 aliphatic heterocycles. The third-order valence-electron chi connectivity index (χ3n) is 4.51. The highest BCUT2D eigenvalue weighted by Gasteiger charge is 2.30. The van der Waals surface area contributed by atoms with Gasteiger partial charge in [0.05, 0.1) is 28.7 Å². The lowest BCUT2D eigenvalue weighted by Gasteiger charge is -2.26. The van der Waals surface area contributed by atoms with E-state index in [1.165, 1.54) is 22.5 Å². The summed E-state index contributed by atoms with van der Waals surface area (Å²) in [5.74, 6) is -0.896. The van der Waals surface area contributed by atoms with Gasteiger partial charge in [-0.1, -0.05) is 11.6 Å². The quantitative estimate of drug-likeness (QED) is 0.717. The molecule has 9 heteroatoms. The van der Waals surface area contributed by atoms with Gasteiger partial charge in [-0.25, -0.2) is 13.2 Å². The molecule has 0 spiro atoms. The van der Waals surface area contributed by atoms with Crippen LogP contribution in [-0.2, 0) is 24.3 Å². The smallest absolute Gasteiger partial charge is 0.340 e. The maximum Gasteiger partial charge on any atom is 0.340 e. The van der Waals surface area contributed by atoms with Crippen LogP contribution in [0, 0.1) is 0 Å². The Labute approximate surface area is 157 Å². The first-order valence-electron chi connectivity index (χ1n) is 8.51. The Bertz CT molecular complexity index is 803. The van der Waals surface area contributed by atoms with Crippen LogP contribution in [0.15, 0.2) is 23.1 Å². The van der Waals surface area contributed by atoms with Crippen LogP contribution in [0.3, 0.4) is 0 Å². The van der Waals surface area contributed by atoms with E-state index in [-0.39, 0.29) is 34.4 Å². The molecule has 0 unspecified atom stereocenters. The van der Waals surface area contributed by atoms with E-state index in [2.05, 4.69) is 0 Å². The fraction of sp³-hybridized carbons (Fsp3) is 0.529. The minimum absolute atomic E-state index is 0.0364. The van der Waals surface area contributed by atoms with E-state index < -0.39 is 22.1 Å². The molecule has 1 saturated carbocycles. The molecule has 7 nitrogen and oxygen atoms in total. The summed E-state index contributed by atoms with van der Waals surface area (Å²) in [7, 11) is -3.76. The third kappa shape index (κ3) is 4.09. The lowest BCUT2D eigenvalue weighted by Crippen LogP contribution is -2.40. The maximum absolute atomic E-state index is 12.7. The first-order chi connectivity index (χ1) is 12.4. The van der Waals surface area contributed by atoms with Gasteiger partial charge in [-0.15, -0.1) is 0 Å². The number of benzene rings is 1. The highest BCUT2D eigenvalue weighted by molar-refractivity contribution is 7.89. The van der Waals surface area contributed by atoms with Crippen molar-refractivity contribution >= 4 is 33.4 Å². The van der Waals surface area contributed by atoms with E-state index in [9.17, 15) is 18.0 Å². The van der Waals surface area contributed by atoms with Gasteiger partial charge in [0.1, 0.15) is 0 Å². The number of sulfonamides is 1. The minimum atomic E-state index is -3.76. The molecule has 2 fully saturated rings. The number of ketones is 1. The molecule has 1 atom stereocenters. The number of carbonyl (C=O) groups excluding carboxylic acids is 2. The zero-order valence-electron chi connectivity index (χ0n) is 14.1. The molecule has 0 aromatic heterocycles. The maximum atomic E-state index is 12.7. The summed E-state index contributed by atoms with van der Waals surface area (Å²) in [6.45, 7) is 1.15. The molecule has 0 radical (unpaired) electrons. The number of nitrogens with zero attached hydrogens (tertiary/aromatic N) is 1. The number of ether oxygens (including phenoxy) is 2. The average Bonchev–Trinajstić information content (AvgIpc) is 2.64. The van der Waals surface area contributed by atoms with Gasteiger partial charge in [0.25, 0.3) is 0 Å². The Hall–Kier alpha value is -1.48. The molecule has 3 rings (SSSR count). The van der Waals surface area contributed by atoms with Crippen molar-refractivity contribution in [3.63, 3.8) is 0 Å². The van der Waals surface area contributed by atoms with Gasteiger partial charge in [0.15, 0.2) is 11.9 Å². The molecule has 1 aromatic rings. The molecule has 142 valence electrons. The van der Waals surface area contributed by atoms with Gasteiger partial charge in [0, 0.05) is 19.5 Å². The number of esters is 1. The van der Waals surface area contributed by atoms with Gasteiger partial charge < -0.3 is 9.47 Å². The summed E-state index contributed by atoms with van der Waals surface area (Å²) in [6, 6.07) is 3.92. The fourth-order valence-electron chi connectivity index (χ4n) is 3.03. The molecule has 0 bridgehead atoms. The van der Waals surface area contributed by atoms with Crippen molar-refractivity contribution in [2.75, 3.05) is 26.3 Å². The van der Waals surface area contributed by atoms with E-state index in [0.717, 1.165) is 12.8 Å². The molecule has 1 saturated heterocycles. The lowest BCUT2D eigenvalue weighted by molar-refractivity contribution is -0.129. The summed E-state index contributed by atoms with van der Waals surface area (Å²) in [4.78, 5) is 24.3. The Balaban J connectivity index is 1.83. The molecule has 0 amide bonds. The Morgan fingerprint density at radius 2 is 1.96 bits per heavy atom. The van der Waals surface area contributed by atoms with Crippen LogP contribution in [0.25, 0.3) is 0 Å². The molecule has 2 aliphatic rings. The Morgan fingerprint density at radius 3 is 2.65 bits per heavy atom. The first-order valence-corrected chi connectivity index (χ1v) is 10.3. The van der Waals surface area contributed by atoms with Gasteiger partial charge in [0.2, 0.25) is 10.0 Å². The summed E-state index contributed by atoms with van der Waals surface area (Å²) < 4.78 is 37.2. The third-order valence-corrected chi connectivity index (χ3v) is 6.74. The molecule has 26 heavy (non-hydrogen) atoms. The van der Waals surface area contributed by atoms with Crippen molar-refractivity contribution in [1.82, 2.24) is 4.31 Å². The largest absolute Gasteiger partial charge is 0.451 e. The van der Waals surface area contributed by atoms with Crippen LogP contribution < -0.4 is 0 Å². The summed E-state index contributed by atoms with van der Waals surface area (Å²) in [5.41, 5.74) is -0.0561. The van der Waals surface area contributed by atoms with Crippen molar-refractivity contribution in [2.24, 2.45) is 0 Å². The second-order valence-electron chi connectivity index (χ2n) is 6.26. The zero-order chi connectivity index (χ0) is 18.7. The number of halogens is 1. The molecule has 0 N–H and O–H groups in total. The van der Waals surface area contributed by atoms with E-state index in [0.29, 0.717) is 26.1 Å². The number of Topliss-reactive ketones (excluding diaryl/α,β-unsaturated/α-hetero) is 1. The molecular formula is C17H20ClNO6S. The zero-order valence-corrected chi connectivity index (χ0v) is 15.7. The molecule has 1 aliphatic carbocycles. The topological polar surface area (TPSA) is 90.0 Å². The fourth-order valence-corrected chi connectivity index (χ4v) is 4.65. The van der Waals surface area contributed by atoms with Gasteiger partial charge in [-0.2, -0.15) is 4.31 Å². The SMILES string of the molecule is O=C(O[C@@H]1CCCCC1=O)c1cc(S(=O)(=O)N2CCOCC2)ccc1Cl. The van der Waals surface area contributed by atoms with Crippen molar-refractivity contribution in [2.45, 2.75) is 36.7 Å². The normalized spacial score (nSPS) is 22.2. The first kappa shape index (κ1) is 19.3. The second-order valence-corrected chi connectivity index (χ2v) is 8.61. The van der Waals surface area contributed by atoms with E-state index >= 15 is 0 Å². The van der Waals surface area contributed by atoms with Crippen LogP contribution in [0.5, 0.6) is 0 Å². The number of rotatable bonds is 4. The summed E-state index contributed by atoms with van der Waals surface area (Å²) in [5, 5.41) is 0.0826. The van der Waals surface area contributed by atoms with E-state index in [1.54, 1.807) is 0 Å². The highest BCUT2D eigenvalue weighted by Crippen LogP contribution is 2.26. The highest BCUT2D eigenvalue weighted by atomic mass is 35.5. The van der Waals surface area contributed by atoms with Crippen LogP contribution in [-0.4, -0.2) is 56.9 Å². The van der Waals surface area contributed by atoms with Crippen molar-refractivity contribution in [3.05, 3.63) is 28.8 Å². The van der Waals surface area contributed by atoms with Crippen molar-refractivity contribution < 1.29 is 27.5 Å². The lowest BCUT2D eigenvalue weighted by atomic mass is 9.96. The summed E-state index contributed by atoms with van der Waals surface area (Å²) >= 11 is 6.07. The molecule has 1 heterocycles. The van der Waals surface area contributed by atoms with Crippen molar-refractivity contribution in [3.8, 4) is 0 Å². The van der Waals surface area contributed by atoms with Crippen LogP contribution in [0.4, 0.5) is 0 Å². The molecule has 1 aromatic carbocycles. The van der Waals surface area contributed by atoms with E-state index in [4.69, 9.17) is 21.1 Å². The number of hydrogen-bond acceptors (Lipinski definition) is 6. The second kappa shape index (κ2) is 8.04. The Kier molecular flexibility index (Phi) is 5.96. The Morgan fingerprint density at radius 1 is 1.23 bits per heavy atom. The minimum Gasteiger partial charge on any atom is -0.451 e.